The van der Waals surface area contributed by atoms with Gasteiger partial charge in [-0.3, -0.25) is 4.79 Å². The fourth-order valence-electron chi connectivity index (χ4n) is 1.61. The van der Waals surface area contributed by atoms with Crippen molar-refractivity contribution in [3.8, 4) is 5.75 Å². The molecule has 0 aliphatic rings. The number of sulfonamides is 1. The molecule has 0 atom stereocenters. The predicted octanol–water partition coefficient (Wildman–Crippen LogP) is 1.73. The minimum absolute atomic E-state index is 0.0955. The normalized spacial score (nSPS) is 11.2. The van der Waals surface area contributed by atoms with Gasteiger partial charge in [0.05, 0.1) is 17.7 Å². The van der Waals surface area contributed by atoms with Gasteiger partial charge in [-0.15, -0.1) is 0 Å². The number of carbonyl (C=O) groups excluding carboxylic acids is 1. The second-order valence-corrected chi connectivity index (χ2v) is 6.06. The van der Waals surface area contributed by atoms with Gasteiger partial charge in [-0.2, -0.15) is 0 Å². The molecule has 1 rings (SSSR count). The number of rotatable bonds is 7. The number of amides is 1. The Hall–Kier alpha value is -1.60. The van der Waals surface area contributed by atoms with Gasteiger partial charge in [-0.05, 0) is 24.6 Å². The van der Waals surface area contributed by atoms with Gasteiger partial charge >= 0.3 is 0 Å². The molecule has 0 bridgehead atoms. The van der Waals surface area contributed by atoms with Crippen LogP contribution >= 0.6 is 0 Å². The first-order chi connectivity index (χ1) is 9.40. The average Bonchev–Trinajstić information content (AvgIpc) is 2.38. The van der Waals surface area contributed by atoms with Crippen LogP contribution < -0.4 is 14.8 Å². The van der Waals surface area contributed by atoms with E-state index in [1.807, 2.05) is 6.92 Å². The van der Waals surface area contributed by atoms with Crippen LogP contribution in [-0.2, 0) is 14.8 Å². The molecule has 1 aromatic rings. The van der Waals surface area contributed by atoms with E-state index >= 15 is 0 Å². The lowest BCUT2D eigenvalue weighted by molar-refractivity contribution is -0.114. The number of hydrogen-bond acceptors (Lipinski definition) is 4. The van der Waals surface area contributed by atoms with Crippen LogP contribution in [0.5, 0.6) is 5.75 Å². The minimum Gasteiger partial charge on any atom is -0.495 e. The molecule has 0 saturated carbocycles. The number of benzene rings is 1. The Morgan fingerprint density at radius 2 is 2.05 bits per heavy atom. The zero-order valence-electron chi connectivity index (χ0n) is 11.9. The smallest absolute Gasteiger partial charge is 0.240 e. The molecule has 0 unspecified atom stereocenters. The molecular formula is C13H20N2O4S. The van der Waals surface area contributed by atoms with Crippen LogP contribution in [0.15, 0.2) is 23.1 Å². The van der Waals surface area contributed by atoms with Crippen molar-refractivity contribution in [2.45, 2.75) is 31.6 Å². The maximum Gasteiger partial charge on any atom is 0.240 e. The van der Waals surface area contributed by atoms with E-state index in [0.29, 0.717) is 18.0 Å². The molecular weight excluding hydrogens is 280 g/mol. The van der Waals surface area contributed by atoms with E-state index in [-0.39, 0.29) is 10.8 Å². The number of hydrogen-bond donors (Lipinski definition) is 2. The highest BCUT2D eigenvalue weighted by Crippen LogP contribution is 2.27. The Bertz CT molecular complexity index is 570. The van der Waals surface area contributed by atoms with E-state index in [1.54, 1.807) is 0 Å². The molecule has 2 N–H and O–H groups in total. The van der Waals surface area contributed by atoms with Gasteiger partial charge in [0, 0.05) is 13.5 Å². The summed E-state index contributed by atoms with van der Waals surface area (Å²) in [5.41, 5.74) is 0.332. The maximum atomic E-state index is 12.1. The first-order valence-corrected chi connectivity index (χ1v) is 7.84. The van der Waals surface area contributed by atoms with Crippen molar-refractivity contribution >= 4 is 21.6 Å². The Morgan fingerprint density at radius 3 is 2.60 bits per heavy atom. The Balaban J connectivity index is 3.04. The Kier molecular flexibility index (Phi) is 5.97. The summed E-state index contributed by atoms with van der Waals surface area (Å²) in [4.78, 5) is 11.2. The van der Waals surface area contributed by atoms with Crippen LogP contribution in [0.4, 0.5) is 5.69 Å². The highest BCUT2D eigenvalue weighted by molar-refractivity contribution is 7.89. The second kappa shape index (κ2) is 7.25. The van der Waals surface area contributed by atoms with Crippen molar-refractivity contribution in [3.05, 3.63) is 18.2 Å². The SMILES string of the molecule is CCCCNS(=O)(=O)c1ccc(OC)c(NC(C)=O)c1. The fourth-order valence-corrected chi connectivity index (χ4v) is 2.71. The maximum absolute atomic E-state index is 12.1. The van der Waals surface area contributed by atoms with Crippen molar-refractivity contribution in [2.75, 3.05) is 19.0 Å². The van der Waals surface area contributed by atoms with E-state index in [2.05, 4.69) is 10.0 Å². The summed E-state index contributed by atoms with van der Waals surface area (Å²) in [7, 11) is -2.12. The number of carbonyl (C=O) groups is 1. The van der Waals surface area contributed by atoms with Gasteiger partial charge in [-0.25, -0.2) is 13.1 Å². The number of nitrogens with one attached hydrogen (secondary N) is 2. The number of anilines is 1. The van der Waals surface area contributed by atoms with Crippen molar-refractivity contribution in [1.82, 2.24) is 4.72 Å². The summed E-state index contributed by atoms with van der Waals surface area (Å²) >= 11 is 0. The van der Waals surface area contributed by atoms with Crippen LogP contribution in [0.1, 0.15) is 26.7 Å². The second-order valence-electron chi connectivity index (χ2n) is 4.29. The van der Waals surface area contributed by atoms with Gasteiger partial charge in [-0.1, -0.05) is 13.3 Å². The molecule has 0 aliphatic carbocycles. The summed E-state index contributed by atoms with van der Waals surface area (Å²) in [5.74, 6) is 0.115. The molecule has 0 saturated heterocycles. The third-order valence-electron chi connectivity index (χ3n) is 2.61. The third kappa shape index (κ3) is 4.50. The van der Waals surface area contributed by atoms with Crippen LogP contribution in [0.3, 0.4) is 0 Å². The lowest BCUT2D eigenvalue weighted by atomic mass is 10.3. The molecule has 1 aromatic carbocycles. The topological polar surface area (TPSA) is 84.5 Å². The van der Waals surface area contributed by atoms with Crippen LogP contribution in [0.25, 0.3) is 0 Å². The first-order valence-electron chi connectivity index (χ1n) is 6.36. The molecule has 0 fully saturated rings. The summed E-state index contributed by atoms with van der Waals surface area (Å²) in [6, 6.07) is 4.34. The van der Waals surface area contributed by atoms with Gasteiger partial charge in [0.1, 0.15) is 5.75 Å². The van der Waals surface area contributed by atoms with Crippen LogP contribution in [0.2, 0.25) is 0 Å². The monoisotopic (exact) mass is 300 g/mol. The van der Waals surface area contributed by atoms with Gasteiger partial charge in [0.15, 0.2) is 0 Å². The fraction of sp³-hybridized carbons (Fsp3) is 0.462. The summed E-state index contributed by atoms with van der Waals surface area (Å²) in [5, 5.41) is 2.55. The molecule has 20 heavy (non-hydrogen) atoms. The zero-order chi connectivity index (χ0) is 15.2. The molecule has 0 aromatic heterocycles. The molecule has 0 aliphatic heterocycles. The highest BCUT2D eigenvalue weighted by Gasteiger charge is 2.16. The molecule has 7 heteroatoms. The summed E-state index contributed by atoms with van der Waals surface area (Å²) in [6.45, 7) is 3.72. The average molecular weight is 300 g/mol. The Morgan fingerprint density at radius 1 is 1.35 bits per heavy atom. The van der Waals surface area contributed by atoms with Gasteiger partial charge in [0.2, 0.25) is 15.9 Å². The third-order valence-corrected chi connectivity index (χ3v) is 4.07. The molecule has 0 heterocycles. The first kappa shape index (κ1) is 16.5. The lowest BCUT2D eigenvalue weighted by Gasteiger charge is -2.12. The van der Waals surface area contributed by atoms with E-state index in [1.165, 1.54) is 32.2 Å². The van der Waals surface area contributed by atoms with Crippen LogP contribution in [-0.4, -0.2) is 28.0 Å². The summed E-state index contributed by atoms with van der Waals surface area (Å²) in [6.07, 6.45) is 1.68. The van der Waals surface area contributed by atoms with E-state index in [9.17, 15) is 13.2 Å². The van der Waals surface area contributed by atoms with Crippen molar-refractivity contribution in [2.24, 2.45) is 0 Å². The zero-order valence-corrected chi connectivity index (χ0v) is 12.7. The van der Waals surface area contributed by atoms with Crippen molar-refractivity contribution < 1.29 is 17.9 Å². The van der Waals surface area contributed by atoms with Crippen LogP contribution in [0, 0.1) is 0 Å². The van der Waals surface area contributed by atoms with Gasteiger partial charge < -0.3 is 10.1 Å². The van der Waals surface area contributed by atoms with Crippen molar-refractivity contribution in [1.29, 1.82) is 0 Å². The lowest BCUT2D eigenvalue weighted by Crippen LogP contribution is -2.24. The largest absolute Gasteiger partial charge is 0.495 e. The molecule has 6 nitrogen and oxygen atoms in total. The molecule has 112 valence electrons. The van der Waals surface area contributed by atoms with E-state index in [4.69, 9.17) is 4.74 Å². The molecule has 0 radical (unpaired) electrons. The Labute approximate surface area is 119 Å². The minimum atomic E-state index is -3.57. The highest BCUT2D eigenvalue weighted by atomic mass is 32.2. The number of unbranched alkanes of at least 4 members (excludes halogenated alkanes) is 1. The predicted molar refractivity (Wildman–Crippen MR) is 77.4 cm³/mol. The standard InChI is InChI=1S/C13H20N2O4S/c1-4-5-8-14-20(17,18)11-6-7-13(19-3)12(9-11)15-10(2)16/h6-7,9,14H,4-5,8H2,1-3H3,(H,15,16). The van der Waals surface area contributed by atoms with Gasteiger partial charge in [0.25, 0.3) is 0 Å². The number of ether oxygens (including phenoxy) is 1. The van der Waals surface area contributed by atoms with E-state index in [0.717, 1.165) is 12.8 Å². The molecule has 1 amide bonds. The molecule has 0 spiro atoms. The number of methoxy groups -OCH3 is 1. The van der Waals surface area contributed by atoms with Crippen molar-refractivity contribution in [3.63, 3.8) is 0 Å². The summed E-state index contributed by atoms with van der Waals surface area (Å²) < 4.78 is 31.8. The quantitative estimate of drug-likeness (QED) is 0.751. The van der Waals surface area contributed by atoms with E-state index < -0.39 is 10.0 Å².